The molecule has 0 radical (unpaired) electrons. The van der Waals surface area contributed by atoms with Gasteiger partial charge in [-0.15, -0.1) is 6.58 Å². The Balaban J connectivity index is 3.88. The summed E-state index contributed by atoms with van der Waals surface area (Å²) in [6.07, 6.45) is 8.24. The van der Waals surface area contributed by atoms with Crippen molar-refractivity contribution in [1.29, 1.82) is 0 Å². The molecule has 0 aromatic heterocycles. The second-order valence-corrected chi connectivity index (χ2v) is 3.92. The molecule has 0 amide bonds. The van der Waals surface area contributed by atoms with Crippen LogP contribution < -0.4 is 0 Å². The zero-order valence-corrected chi connectivity index (χ0v) is 9.59. The topological polar surface area (TPSA) is 20.2 Å². The highest BCUT2D eigenvalue weighted by Gasteiger charge is 1.97. The molecule has 0 aromatic rings. The lowest BCUT2D eigenvalue weighted by atomic mass is 10.1. The average Bonchev–Trinajstić information content (AvgIpc) is 2.03. The van der Waals surface area contributed by atoms with Gasteiger partial charge in [-0.05, 0) is 40.0 Å². The summed E-state index contributed by atoms with van der Waals surface area (Å²) in [5.74, 6) is 0. The van der Waals surface area contributed by atoms with Gasteiger partial charge in [-0.3, -0.25) is 0 Å². The Morgan fingerprint density at radius 3 is 2.50 bits per heavy atom. The minimum absolute atomic E-state index is 0.362. The standard InChI is InChI=1S/C13H22O/c1-5-7-13(14)10-12(4)9-6-8-11(2)3/h5,8,10,13-14H,1,6-7,9H2,2-4H3/b12-10+. The van der Waals surface area contributed by atoms with Crippen LogP contribution in [0.5, 0.6) is 0 Å². The SMILES string of the molecule is C=CCC(O)/C=C(\C)CCC=C(C)C. The van der Waals surface area contributed by atoms with Gasteiger partial charge in [0.25, 0.3) is 0 Å². The molecule has 0 aliphatic heterocycles. The van der Waals surface area contributed by atoms with Gasteiger partial charge in [0.15, 0.2) is 0 Å². The summed E-state index contributed by atoms with van der Waals surface area (Å²) < 4.78 is 0. The van der Waals surface area contributed by atoms with E-state index in [1.165, 1.54) is 11.1 Å². The van der Waals surface area contributed by atoms with Gasteiger partial charge in [-0.25, -0.2) is 0 Å². The number of hydrogen-bond acceptors (Lipinski definition) is 1. The van der Waals surface area contributed by atoms with Crippen molar-refractivity contribution in [3.63, 3.8) is 0 Å². The molecule has 1 atom stereocenters. The third kappa shape index (κ3) is 7.81. The van der Waals surface area contributed by atoms with Crippen molar-refractivity contribution in [1.82, 2.24) is 0 Å². The Kier molecular flexibility index (Phi) is 7.13. The lowest BCUT2D eigenvalue weighted by Crippen LogP contribution is -2.00. The fourth-order valence-corrected chi connectivity index (χ4v) is 1.24. The first-order valence-corrected chi connectivity index (χ1v) is 5.16. The molecular formula is C13H22O. The van der Waals surface area contributed by atoms with E-state index in [9.17, 15) is 5.11 Å². The van der Waals surface area contributed by atoms with Gasteiger partial charge in [0.2, 0.25) is 0 Å². The third-order valence-corrected chi connectivity index (χ3v) is 1.98. The maximum atomic E-state index is 9.47. The highest BCUT2D eigenvalue weighted by Crippen LogP contribution is 2.08. The lowest BCUT2D eigenvalue weighted by molar-refractivity contribution is 0.226. The van der Waals surface area contributed by atoms with Crippen LogP contribution in [0.15, 0.2) is 36.0 Å². The minimum atomic E-state index is -0.362. The molecule has 0 spiro atoms. The molecule has 0 aromatic carbocycles. The third-order valence-electron chi connectivity index (χ3n) is 1.98. The average molecular weight is 194 g/mol. The molecule has 0 fully saturated rings. The van der Waals surface area contributed by atoms with E-state index in [0.29, 0.717) is 6.42 Å². The van der Waals surface area contributed by atoms with Crippen LogP contribution in [0.25, 0.3) is 0 Å². The fraction of sp³-hybridized carbons (Fsp3) is 0.538. The Labute approximate surface area is 87.8 Å². The molecule has 0 aliphatic rings. The van der Waals surface area contributed by atoms with E-state index < -0.39 is 0 Å². The zero-order chi connectivity index (χ0) is 11.0. The highest BCUT2D eigenvalue weighted by molar-refractivity contribution is 5.05. The molecule has 0 saturated heterocycles. The summed E-state index contributed by atoms with van der Waals surface area (Å²) in [6.45, 7) is 9.86. The maximum absolute atomic E-state index is 9.47. The van der Waals surface area contributed by atoms with Crippen LogP contribution in [0.3, 0.4) is 0 Å². The van der Waals surface area contributed by atoms with Crippen molar-refractivity contribution in [3.05, 3.63) is 36.0 Å². The number of hydrogen-bond donors (Lipinski definition) is 1. The molecule has 0 heterocycles. The Bertz CT molecular complexity index is 219. The van der Waals surface area contributed by atoms with Gasteiger partial charge in [0, 0.05) is 0 Å². The second-order valence-electron chi connectivity index (χ2n) is 3.92. The molecule has 1 nitrogen and oxygen atoms in total. The Hall–Kier alpha value is -0.820. The van der Waals surface area contributed by atoms with Gasteiger partial charge in [-0.1, -0.05) is 29.4 Å². The summed E-state index contributed by atoms with van der Waals surface area (Å²) in [4.78, 5) is 0. The summed E-state index contributed by atoms with van der Waals surface area (Å²) in [6, 6.07) is 0. The van der Waals surface area contributed by atoms with Crippen LogP contribution in [0.1, 0.15) is 40.0 Å². The highest BCUT2D eigenvalue weighted by atomic mass is 16.3. The van der Waals surface area contributed by atoms with Crippen LogP contribution in [-0.4, -0.2) is 11.2 Å². The molecule has 0 saturated carbocycles. The molecule has 80 valence electrons. The molecule has 0 bridgehead atoms. The largest absolute Gasteiger partial charge is 0.389 e. The minimum Gasteiger partial charge on any atom is -0.389 e. The number of allylic oxidation sites excluding steroid dienone is 3. The summed E-state index contributed by atoms with van der Waals surface area (Å²) in [5, 5.41) is 9.47. The molecule has 1 heteroatoms. The fourth-order valence-electron chi connectivity index (χ4n) is 1.24. The van der Waals surface area contributed by atoms with Crippen molar-refractivity contribution in [3.8, 4) is 0 Å². The van der Waals surface area contributed by atoms with Crippen LogP contribution >= 0.6 is 0 Å². The molecule has 0 aliphatic carbocycles. The Morgan fingerprint density at radius 1 is 1.36 bits per heavy atom. The summed E-state index contributed by atoms with van der Waals surface area (Å²) in [7, 11) is 0. The quantitative estimate of drug-likeness (QED) is 0.640. The van der Waals surface area contributed by atoms with Crippen molar-refractivity contribution in [2.75, 3.05) is 0 Å². The predicted octanol–water partition coefficient (Wildman–Crippen LogP) is 3.62. The van der Waals surface area contributed by atoms with E-state index in [-0.39, 0.29) is 6.10 Å². The van der Waals surface area contributed by atoms with E-state index in [1.54, 1.807) is 6.08 Å². The summed E-state index contributed by atoms with van der Waals surface area (Å²) >= 11 is 0. The first-order chi connectivity index (χ1) is 6.56. The molecule has 1 unspecified atom stereocenters. The maximum Gasteiger partial charge on any atom is 0.0757 e. The van der Waals surface area contributed by atoms with Crippen molar-refractivity contribution >= 4 is 0 Å². The van der Waals surface area contributed by atoms with Crippen LogP contribution in [0.2, 0.25) is 0 Å². The van der Waals surface area contributed by atoms with Crippen LogP contribution in [-0.2, 0) is 0 Å². The second kappa shape index (κ2) is 7.57. The predicted molar refractivity (Wildman–Crippen MR) is 63.2 cm³/mol. The van der Waals surface area contributed by atoms with E-state index in [0.717, 1.165) is 12.8 Å². The zero-order valence-electron chi connectivity index (χ0n) is 9.59. The van der Waals surface area contributed by atoms with E-state index in [2.05, 4.69) is 33.4 Å². The van der Waals surface area contributed by atoms with Crippen LogP contribution in [0, 0.1) is 0 Å². The lowest BCUT2D eigenvalue weighted by Gasteiger charge is -2.04. The molecule has 0 rings (SSSR count). The first kappa shape index (κ1) is 13.2. The summed E-state index contributed by atoms with van der Waals surface area (Å²) in [5.41, 5.74) is 2.60. The van der Waals surface area contributed by atoms with Crippen LogP contribution in [0.4, 0.5) is 0 Å². The van der Waals surface area contributed by atoms with E-state index >= 15 is 0 Å². The number of aliphatic hydroxyl groups excluding tert-OH is 1. The van der Waals surface area contributed by atoms with Gasteiger partial charge in [0.05, 0.1) is 6.10 Å². The van der Waals surface area contributed by atoms with E-state index in [1.807, 2.05) is 6.08 Å². The monoisotopic (exact) mass is 194 g/mol. The Morgan fingerprint density at radius 2 is 2.00 bits per heavy atom. The normalized spacial score (nSPS) is 13.6. The van der Waals surface area contributed by atoms with Crippen molar-refractivity contribution in [2.45, 2.75) is 46.1 Å². The molecule has 14 heavy (non-hydrogen) atoms. The van der Waals surface area contributed by atoms with Gasteiger partial charge in [0.1, 0.15) is 0 Å². The smallest absolute Gasteiger partial charge is 0.0757 e. The van der Waals surface area contributed by atoms with Gasteiger partial charge in [-0.2, -0.15) is 0 Å². The van der Waals surface area contributed by atoms with Gasteiger partial charge < -0.3 is 5.11 Å². The van der Waals surface area contributed by atoms with Gasteiger partial charge >= 0.3 is 0 Å². The molecule has 1 N–H and O–H groups in total. The first-order valence-electron chi connectivity index (χ1n) is 5.16. The molecular weight excluding hydrogens is 172 g/mol. The number of rotatable bonds is 6. The van der Waals surface area contributed by atoms with E-state index in [4.69, 9.17) is 0 Å². The number of aliphatic hydroxyl groups is 1. The van der Waals surface area contributed by atoms with Crippen molar-refractivity contribution < 1.29 is 5.11 Å². The van der Waals surface area contributed by atoms with Crippen molar-refractivity contribution in [2.24, 2.45) is 0 Å².